The van der Waals surface area contributed by atoms with Crippen LogP contribution in [0.4, 0.5) is 5.69 Å². The molecule has 1 aliphatic heterocycles. The molecule has 1 atom stereocenters. The average molecular weight is 235 g/mol. The SMILES string of the molecule is COc1ccc(NC(=O)CC2CCNC2)cn1. The third kappa shape index (κ3) is 3.42. The second-order valence-electron chi connectivity index (χ2n) is 4.20. The molecule has 1 saturated heterocycles. The number of anilines is 1. The van der Waals surface area contributed by atoms with E-state index in [9.17, 15) is 4.79 Å². The Bertz CT molecular complexity index is 372. The molecule has 92 valence electrons. The molecule has 0 aromatic carbocycles. The van der Waals surface area contributed by atoms with E-state index in [0.29, 0.717) is 23.9 Å². The second-order valence-corrected chi connectivity index (χ2v) is 4.20. The molecule has 1 amide bonds. The maximum Gasteiger partial charge on any atom is 0.224 e. The molecule has 1 unspecified atom stereocenters. The van der Waals surface area contributed by atoms with E-state index in [1.54, 1.807) is 25.4 Å². The first-order valence-corrected chi connectivity index (χ1v) is 5.78. The minimum absolute atomic E-state index is 0.0469. The quantitative estimate of drug-likeness (QED) is 0.818. The summed E-state index contributed by atoms with van der Waals surface area (Å²) in [6.45, 7) is 1.95. The number of amides is 1. The van der Waals surface area contributed by atoms with E-state index in [0.717, 1.165) is 19.5 Å². The highest BCUT2D eigenvalue weighted by atomic mass is 16.5. The standard InChI is InChI=1S/C12H17N3O2/c1-17-12-3-2-10(8-14-12)15-11(16)6-9-4-5-13-7-9/h2-3,8-9,13H,4-7H2,1H3,(H,15,16). The average Bonchev–Trinajstić information content (AvgIpc) is 2.82. The number of carbonyl (C=O) groups is 1. The predicted molar refractivity (Wildman–Crippen MR) is 65.0 cm³/mol. The third-order valence-corrected chi connectivity index (χ3v) is 2.87. The smallest absolute Gasteiger partial charge is 0.224 e. The van der Waals surface area contributed by atoms with Crippen molar-refractivity contribution < 1.29 is 9.53 Å². The van der Waals surface area contributed by atoms with E-state index in [1.807, 2.05) is 0 Å². The summed E-state index contributed by atoms with van der Waals surface area (Å²) >= 11 is 0. The molecule has 1 fully saturated rings. The lowest BCUT2D eigenvalue weighted by atomic mass is 10.0. The first-order chi connectivity index (χ1) is 8.28. The first-order valence-electron chi connectivity index (χ1n) is 5.78. The molecule has 0 radical (unpaired) electrons. The van der Waals surface area contributed by atoms with Crippen LogP contribution >= 0.6 is 0 Å². The lowest BCUT2D eigenvalue weighted by molar-refractivity contribution is -0.116. The first kappa shape index (κ1) is 11.9. The highest BCUT2D eigenvalue weighted by Gasteiger charge is 2.17. The van der Waals surface area contributed by atoms with Gasteiger partial charge in [0.15, 0.2) is 0 Å². The van der Waals surface area contributed by atoms with Crippen LogP contribution in [0.3, 0.4) is 0 Å². The molecule has 2 rings (SSSR count). The summed E-state index contributed by atoms with van der Waals surface area (Å²) in [5, 5.41) is 6.08. The fraction of sp³-hybridized carbons (Fsp3) is 0.500. The summed E-state index contributed by atoms with van der Waals surface area (Å²) in [6, 6.07) is 3.52. The van der Waals surface area contributed by atoms with Gasteiger partial charge in [0.05, 0.1) is 19.0 Å². The summed E-state index contributed by atoms with van der Waals surface area (Å²) in [7, 11) is 1.56. The molecule has 5 heteroatoms. The van der Waals surface area contributed by atoms with Gasteiger partial charge >= 0.3 is 0 Å². The Balaban J connectivity index is 1.84. The van der Waals surface area contributed by atoms with E-state index < -0.39 is 0 Å². The molecule has 0 spiro atoms. The topological polar surface area (TPSA) is 63.2 Å². The number of nitrogens with zero attached hydrogens (tertiary/aromatic N) is 1. The largest absolute Gasteiger partial charge is 0.481 e. The van der Waals surface area contributed by atoms with E-state index >= 15 is 0 Å². The van der Waals surface area contributed by atoms with E-state index in [4.69, 9.17) is 4.74 Å². The van der Waals surface area contributed by atoms with Gasteiger partial charge in [-0.1, -0.05) is 0 Å². The zero-order valence-electron chi connectivity index (χ0n) is 9.90. The van der Waals surface area contributed by atoms with Crippen molar-refractivity contribution in [3.8, 4) is 5.88 Å². The molecular formula is C12H17N3O2. The van der Waals surface area contributed by atoms with Gasteiger partial charge in [0.2, 0.25) is 11.8 Å². The number of hydrogen-bond donors (Lipinski definition) is 2. The fourth-order valence-electron chi connectivity index (χ4n) is 1.94. The number of pyridine rings is 1. The highest BCUT2D eigenvalue weighted by Crippen LogP contribution is 2.15. The molecule has 5 nitrogen and oxygen atoms in total. The Hall–Kier alpha value is -1.62. The van der Waals surface area contributed by atoms with Crippen LogP contribution in [0.1, 0.15) is 12.8 Å². The Morgan fingerprint density at radius 3 is 3.12 bits per heavy atom. The minimum Gasteiger partial charge on any atom is -0.481 e. The maximum atomic E-state index is 11.7. The molecule has 2 heterocycles. The number of aromatic nitrogens is 1. The van der Waals surface area contributed by atoms with Crippen LogP contribution < -0.4 is 15.4 Å². The van der Waals surface area contributed by atoms with Crippen molar-refractivity contribution in [2.45, 2.75) is 12.8 Å². The van der Waals surface area contributed by atoms with Crippen molar-refractivity contribution in [3.63, 3.8) is 0 Å². The number of rotatable bonds is 4. The van der Waals surface area contributed by atoms with Crippen LogP contribution in [0.15, 0.2) is 18.3 Å². The van der Waals surface area contributed by atoms with Crippen LogP contribution in [0, 0.1) is 5.92 Å². The van der Waals surface area contributed by atoms with Crippen LogP contribution in [0.25, 0.3) is 0 Å². The number of nitrogens with one attached hydrogen (secondary N) is 2. The summed E-state index contributed by atoms with van der Waals surface area (Å²) in [5.41, 5.74) is 0.710. The Morgan fingerprint density at radius 2 is 2.53 bits per heavy atom. The van der Waals surface area contributed by atoms with Gasteiger partial charge in [-0.2, -0.15) is 0 Å². The molecule has 0 bridgehead atoms. The van der Waals surface area contributed by atoms with Crippen molar-refractivity contribution >= 4 is 11.6 Å². The van der Waals surface area contributed by atoms with Crippen LogP contribution in [-0.2, 0) is 4.79 Å². The summed E-state index contributed by atoms with van der Waals surface area (Å²) < 4.78 is 4.95. The van der Waals surface area contributed by atoms with Gasteiger partial charge in [-0.05, 0) is 31.5 Å². The summed E-state index contributed by atoms with van der Waals surface area (Å²) in [5.74, 6) is 1.05. The zero-order valence-corrected chi connectivity index (χ0v) is 9.90. The molecule has 0 saturated carbocycles. The van der Waals surface area contributed by atoms with Crippen molar-refractivity contribution in [1.29, 1.82) is 0 Å². The van der Waals surface area contributed by atoms with Gasteiger partial charge in [0, 0.05) is 12.5 Å². The highest BCUT2D eigenvalue weighted by molar-refractivity contribution is 5.90. The van der Waals surface area contributed by atoms with Gasteiger partial charge in [-0.15, -0.1) is 0 Å². The predicted octanol–water partition coefficient (Wildman–Crippen LogP) is 1.03. The number of methoxy groups -OCH3 is 1. The number of hydrogen-bond acceptors (Lipinski definition) is 4. The zero-order chi connectivity index (χ0) is 12.1. The van der Waals surface area contributed by atoms with Crippen LogP contribution in [0.2, 0.25) is 0 Å². The molecular weight excluding hydrogens is 218 g/mol. The monoisotopic (exact) mass is 235 g/mol. The van der Waals surface area contributed by atoms with E-state index in [-0.39, 0.29) is 5.91 Å². The third-order valence-electron chi connectivity index (χ3n) is 2.87. The molecule has 17 heavy (non-hydrogen) atoms. The summed E-state index contributed by atoms with van der Waals surface area (Å²) in [6.07, 6.45) is 3.25. The molecule has 1 aromatic heterocycles. The normalized spacial score (nSPS) is 19.0. The lowest BCUT2D eigenvalue weighted by Gasteiger charge is -2.09. The van der Waals surface area contributed by atoms with Crippen molar-refractivity contribution in [1.82, 2.24) is 10.3 Å². The molecule has 0 aliphatic carbocycles. The summed E-state index contributed by atoms with van der Waals surface area (Å²) in [4.78, 5) is 15.8. The van der Waals surface area contributed by atoms with Gasteiger partial charge in [0.1, 0.15) is 0 Å². The van der Waals surface area contributed by atoms with Gasteiger partial charge in [0.25, 0.3) is 0 Å². The van der Waals surface area contributed by atoms with E-state index in [2.05, 4.69) is 15.6 Å². The van der Waals surface area contributed by atoms with Crippen LogP contribution in [-0.4, -0.2) is 31.1 Å². The van der Waals surface area contributed by atoms with Gasteiger partial charge in [-0.3, -0.25) is 4.79 Å². The second kappa shape index (κ2) is 5.63. The Kier molecular flexibility index (Phi) is 3.93. The van der Waals surface area contributed by atoms with Crippen molar-refractivity contribution in [3.05, 3.63) is 18.3 Å². The van der Waals surface area contributed by atoms with Crippen molar-refractivity contribution in [2.75, 3.05) is 25.5 Å². The molecule has 2 N–H and O–H groups in total. The fourth-order valence-corrected chi connectivity index (χ4v) is 1.94. The molecule has 1 aromatic rings. The van der Waals surface area contributed by atoms with Gasteiger partial charge < -0.3 is 15.4 Å². The van der Waals surface area contributed by atoms with Crippen LogP contribution in [0.5, 0.6) is 5.88 Å². The maximum absolute atomic E-state index is 11.7. The number of carbonyl (C=O) groups excluding carboxylic acids is 1. The number of ether oxygens (including phenoxy) is 1. The van der Waals surface area contributed by atoms with Crippen molar-refractivity contribution in [2.24, 2.45) is 5.92 Å². The molecule has 1 aliphatic rings. The Morgan fingerprint density at radius 1 is 1.65 bits per heavy atom. The van der Waals surface area contributed by atoms with Gasteiger partial charge in [-0.25, -0.2) is 4.98 Å². The Labute approximate surface area is 101 Å². The minimum atomic E-state index is 0.0469. The lowest BCUT2D eigenvalue weighted by Crippen LogP contribution is -2.18. The van der Waals surface area contributed by atoms with E-state index in [1.165, 1.54) is 0 Å².